The maximum absolute atomic E-state index is 12.3. The first-order valence-electron chi connectivity index (χ1n) is 7.72. The third-order valence-corrected chi connectivity index (χ3v) is 4.25. The van der Waals surface area contributed by atoms with Crippen LogP contribution in [0.5, 0.6) is 0 Å². The van der Waals surface area contributed by atoms with Crippen LogP contribution >= 0.6 is 15.9 Å². The van der Waals surface area contributed by atoms with Crippen molar-refractivity contribution in [2.75, 3.05) is 5.32 Å². The van der Waals surface area contributed by atoms with Gasteiger partial charge in [-0.3, -0.25) is 4.79 Å². The molecule has 1 heterocycles. The Balaban J connectivity index is 1.63. The van der Waals surface area contributed by atoms with E-state index in [9.17, 15) is 4.79 Å². The molecule has 0 aliphatic heterocycles. The monoisotopic (exact) mass is 392 g/mol. The lowest BCUT2D eigenvalue weighted by atomic mass is 10.1. The molecule has 122 valence electrons. The van der Waals surface area contributed by atoms with Gasteiger partial charge in [-0.2, -0.15) is 0 Å². The number of hydrogen-bond acceptors (Lipinski definition) is 3. The van der Waals surface area contributed by atoms with Crippen molar-refractivity contribution >= 4 is 38.6 Å². The molecule has 0 unspecified atom stereocenters. The molecule has 0 aliphatic rings. The highest BCUT2D eigenvalue weighted by Crippen LogP contribution is 2.28. The van der Waals surface area contributed by atoms with Crippen LogP contribution in [0.4, 0.5) is 5.69 Å². The van der Waals surface area contributed by atoms with E-state index in [1.807, 2.05) is 60.7 Å². The SMILES string of the molecule is O=C(Nc1cccc(-c2nc3ccc(Br)cc3o2)c1)c1ccccc1. The van der Waals surface area contributed by atoms with Crippen LogP contribution < -0.4 is 5.32 Å². The number of rotatable bonds is 3. The first kappa shape index (κ1) is 15.6. The number of carbonyl (C=O) groups excluding carboxylic acids is 1. The number of oxazole rings is 1. The largest absolute Gasteiger partial charge is 0.436 e. The number of carbonyl (C=O) groups is 1. The van der Waals surface area contributed by atoms with E-state index in [0.29, 0.717) is 22.7 Å². The summed E-state index contributed by atoms with van der Waals surface area (Å²) in [4.78, 5) is 16.8. The van der Waals surface area contributed by atoms with Gasteiger partial charge in [0.25, 0.3) is 5.91 Å². The van der Waals surface area contributed by atoms with Crippen LogP contribution in [0.25, 0.3) is 22.6 Å². The summed E-state index contributed by atoms with van der Waals surface area (Å²) in [7, 11) is 0. The quantitative estimate of drug-likeness (QED) is 0.499. The molecule has 1 aromatic heterocycles. The van der Waals surface area contributed by atoms with Crippen molar-refractivity contribution in [1.82, 2.24) is 4.98 Å². The summed E-state index contributed by atoms with van der Waals surface area (Å²) in [5.74, 6) is 0.364. The van der Waals surface area contributed by atoms with Crippen LogP contribution in [0.2, 0.25) is 0 Å². The zero-order valence-electron chi connectivity index (χ0n) is 13.1. The second kappa shape index (κ2) is 6.53. The Bertz CT molecular complexity index is 1060. The number of amides is 1. The molecule has 4 aromatic rings. The molecular weight excluding hydrogens is 380 g/mol. The van der Waals surface area contributed by atoms with E-state index in [4.69, 9.17) is 4.42 Å². The Morgan fingerprint density at radius 1 is 0.960 bits per heavy atom. The van der Waals surface area contributed by atoms with Crippen molar-refractivity contribution in [3.8, 4) is 11.5 Å². The third-order valence-electron chi connectivity index (χ3n) is 3.75. The number of nitrogens with one attached hydrogen (secondary N) is 1. The zero-order valence-corrected chi connectivity index (χ0v) is 14.7. The van der Waals surface area contributed by atoms with Crippen LogP contribution in [-0.2, 0) is 0 Å². The highest BCUT2D eigenvalue weighted by atomic mass is 79.9. The van der Waals surface area contributed by atoms with Crippen LogP contribution in [0.1, 0.15) is 10.4 Å². The van der Waals surface area contributed by atoms with Crippen LogP contribution in [0.3, 0.4) is 0 Å². The Hall–Kier alpha value is -2.92. The molecule has 0 spiro atoms. The lowest BCUT2D eigenvalue weighted by molar-refractivity contribution is 0.102. The number of fused-ring (bicyclic) bond motifs is 1. The molecular formula is C20H13BrN2O2. The van der Waals surface area contributed by atoms with Crippen molar-refractivity contribution < 1.29 is 9.21 Å². The summed E-state index contributed by atoms with van der Waals surface area (Å²) in [5.41, 5.74) is 3.60. The topological polar surface area (TPSA) is 55.1 Å². The number of nitrogens with zero attached hydrogens (tertiary/aromatic N) is 1. The Labute approximate surface area is 152 Å². The average molecular weight is 393 g/mol. The smallest absolute Gasteiger partial charge is 0.255 e. The highest BCUT2D eigenvalue weighted by molar-refractivity contribution is 9.10. The second-order valence-electron chi connectivity index (χ2n) is 5.53. The maximum Gasteiger partial charge on any atom is 0.255 e. The Kier molecular flexibility index (Phi) is 4.07. The predicted molar refractivity (Wildman–Crippen MR) is 102 cm³/mol. The molecule has 1 N–H and O–H groups in total. The van der Waals surface area contributed by atoms with Crippen molar-refractivity contribution in [1.29, 1.82) is 0 Å². The summed E-state index contributed by atoms with van der Waals surface area (Å²) in [6.45, 7) is 0. The predicted octanol–water partition coefficient (Wildman–Crippen LogP) is 5.51. The second-order valence-corrected chi connectivity index (χ2v) is 6.45. The lowest BCUT2D eigenvalue weighted by Crippen LogP contribution is -2.11. The van der Waals surface area contributed by atoms with Crippen LogP contribution in [0.15, 0.2) is 81.7 Å². The van der Waals surface area contributed by atoms with E-state index in [1.165, 1.54) is 0 Å². The van der Waals surface area contributed by atoms with Gasteiger partial charge in [-0.1, -0.05) is 40.2 Å². The molecule has 0 atom stereocenters. The van der Waals surface area contributed by atoms with Gasteiger partial charge in [0.2, 0.25) is 5.89 Å². The number of aromatic nitrogens is 1. The average Bonchev–Trinajstić information content (AvgIpc) is 3.06. The van der Waals surface area contributed by atoms with Crippen LogP contribution in [0, 0.1) is 0 Å². The molecule has 3 aromatic carbocycles. The normalized spacial score (nSPS) is 10.8. The summed E-state index contributed by atoms with van der Waals surface area (Å²) >= 11 is 3.42. The minimum Gasteiger partial charge on any atom is -0.436 e. The summed E-state index contributed by atoms with van der Waals surface area (Å²) < 4.78 is 6.76. The molecule has 5 heteroatoms. The van der Waals surface area contributed by atoms with E-state index in [2.05, 4.69) is 26.2 Å². The zero-order chi connectivity index (χ0) is 17.2. The maximum atomic E-state index is 12.3. The third kappa shape index (κ3) is 3.32. The minimum atomic E-state index is -0.153. The first-order chi connectivity index (χ1) is 12.2. The molecule has 0 radical (unpaired) electrons. The molecule has 0 bridgehead atoms. The van der Waals surface area contributed by atoms with Crippen molar-refractivity contribution in [2.24, 2.45) is 0 Å². The van der Waals surface area contributed by atoms with Gasteiger partial charge < -0.3 is 9.73 Å². The van der Waals surface area contributed by atoms with E-state index >= 15 is 0 Å². The van der Waals surface area contributed by atoms with Gasteiger partial charge in [0.15, 0.2) is 5.58 Å². The Morgan fingerprint density at radius 3 is 2.64 bits per heavy atom. The van der Waals surface area contributed by atoms with Gasteiger partial charge in [0.05, 0.1) is 0 Å². The summed E-state index contributed by atoms with van der Waals surface area (Å²) in [6, 6.07) is 22.2. The number of anilines is 1. The summed E-state index contributed by atoms with van der Waals surface area (Å²) in [6.07, 6.45) is 0. The van der Waals surface area contributed by atoms with Gasteiger partial charge in [0.1, 0.15) is 5.52 Å². The van der Waals surface area contributed by atoms with E-state index < -0.39 is 0 Å². The van der Waals surface area contributed by atoms with Crippen LogP contribution in [-0.4, -0.2) is 10.9 Å². The highest BCUT2D eigenvalue weighted by Gasteiger charge is 2.10. The van der Waals surface area contributed by atoms with Gasteiger partial charge in [-0.25, -0.2) is 4.98 Å². The number of benzene rings is 3. The molecule has 0 aliphatic carbocycles. The van der Waals surface area contributed by atoms with Crippen molar-refractivity contribution in [3.63, 3.8) is 0 Å². The lowest BCUT2D eigenvalue weighted by Gasteiger charge is -2.06. The molecule has 25 heavy (non-hydrogen) atoms. The molecule has 1 amide bonds. The Morgan fingerprint density at radius 2 is 1.80 bits per heavy atom. The van der Waals surface area contributed by atoms with E-state index in [-0.39, 0.29) is 5.91 Å². The standard InChI is InChI=1S/C20H13BrN2O2/c21-15-9-10-17-18(12-15)25-20(23-17)14-7-4-8-16(11-14)22-19(24)13-5-2-1-3-6-13/h1-12H,(H,22,24). The van der Waals surface area contributed by atoms with Gasteiger partial charge in [-0.05, 0) is 48.5 Å². The fourth-order valence-corrected chi connectivity index (χ4v) is 2.88. The molecule has 4 rings (SSSR count). The minimum absolute atomic E-state index is 0.153. The summed E-state index contributed by atoms with van der Waals surface area (Å²) in [5, 5.41) is 2.90. The fourth-order valence-electron chi connectivity index (χ4n) is 2.54. The molecule has 0 fully saturated rings. The molecule has 4 nitrogen and oxygen atoms in total. The number of hydrogen-bond donors (Lipinski definition) is 1. The molecule has 0 saturated carbocycles. The molecule has 0 saturated heterocycles. The van der Waals surface area contributed by atoms with Gasteiger partial charge in [-0.15, -0.1) is 0 Å². The fraction of sp³-hybridized carbons (Fsp3) is 0. The van der Waals surface area contributed by atoms with Gasteiger partial charge >= 0.3 is 0 Å². The van der Waals surface area contributed by atoms with E-state index in [1.54, 1.807) is 12.1 Å². The van der Waals surface area contributed by atoms with Gasteiger partial charge in [0, 0.05) is 21.3 Å². The first-order valence-corrected chi connectivity index (χ1v) is 8.51. The van der Waals surface area contributed by atoms with Crippen molar-refractivity contribution in [2.45, 2.75) is 0 Å². The van der Waals surface area contributed by atoms with E-state index in [0.717, 1.165) is 15.6 Å². The van der Waals surface area contributed by atoms with Crippen molar-refractivity contribution in [3.05, 3.63) is 82.8 Å². The number of halogens is 1.